The predicted octanol–water partition coefficient (Wildman–Crippen LogP) is 7.00. The fraction of sp³-hybridized carbons (Fsp3) is 0.355. The molecule has 1 saturated heterocycles. The predicted molar refractivity (Wildman–Crippen MR) is 170 cm³/mol. The number of anilines is 1. The Labute approximate surface area is 265 Å². The molecule has 6 rings (SSSR count). The van der Waals surface area contributed by atoms with E-state index in [4.69, 9.17) is 11.6 Å². The van der Waals surface area contributed by atoms with Gasteiger partial charge in [-0.15, -0.1) is 23.1 Å². The van der Waals surface area contributed by atoms with E-state index in [9.17, 15) is 22.8 Å². The summed E-state index contributed by atoms with van der Waals surface area (Å²) in [6.07, 6.45) is -1.74. The van der Waals surface area contributed by atoms with Crippen LogP contribution < -0.4 is 10.6 Å². The van der Waals surface area contributed by atoms with E-state index in [1.807, 2.05) is 37.8 Å². The van der Waals surface area contributed by atoms with Crippen LogP contribution in [0.4, 0.5) is 19.0 Å². The average Bonchev–Trinajstić information content (AvgIpc) is 3.28. The van der Waals surface area contributed by atoms with Crippen molar-refractivity contribution in [2.24, 2.45) is 0 Å². The van der Waals surface area contributed by atoms with Gasteiger partial charge in [-0.1, -0.05) is 18.2 Å². The second kappa shape index (κ2) is 11.5. The Bertz CT molecular complexity index is 1840. The highest BCUT2D eigenvalue weighted by atomic mass is 35.5. The van der Waals surface area contributed by atoms with E-state index >= 15 is 0 Å². The monoisotopic (exact) mass is 659 g/mol. The molecule has 44 heavy (non-hydrogen) atoms. The van der Waals surface area contributed by atoms with E-state index in [0.29, 0.717) is 39.2 Å². The first-order chi connectivity index (χ1) is 20.9. The lowest BCUT2D eigenvalue weighted by atomic mass is 9.99. The molecule has 3 atom stereocenters. The minimum absolute atomic E-state index is 0.0203. The van der Waals surface area contributed by atoms with Crippen molar-refractivity contribution in [1.82, 2.24) is 19.4 Å². The van der Waals surface area contributed by atoms with Crippen LogP contribution >= 0.6 is 34.7 Å². The number of pyridine rings is 1. The number of alkyl halides is 3. The average molecular weight is 660 g/mol. The summed E-state index contributed by atoms with van der Waals surface area (Å²) in [4.78, 5) is 39.5. The molecule has 3 aromatic heterocycles. The van der Waals surface area contributed by atoms with Crippen LogP contribution in [0.25, 0.3) is 21.3 Å². The Morgan fingerprint density at radius 2 is 1.89 bits per heavy atom. The molecule has 5 heterocycles. The van der Waals surface area contributed by atoms with Crippen LogP contribution in [0.3, 0.4) is 0 Å². The Morgan fingerprint density at radius 1 is 1.16 bits per heavy atom. The molecule has 2 aliphatic heterocycles. The van der Waals surface area contributed by atoms with Crippen LogP contribution in [0.15, 0.2) is 58.2 Å². The van der Waals surface area contributed by atoms with Gasteiger partial charge >= 0.3 is 11.9 Å². The number of nitrogens with zero attached hydrogens (tertiary/aromatic N) is 5. The second-order valence-electron chi connectivity index (χ2n) is 11.3. The largest absolute Gasteiger partial charge is 0.417 e. The van der Waals surface area contributed by atoms with Crippen LogP contribution in [0.2, 0.25) is 5.02 Å². The molecule has 1 fully saturated rings. The molecule has 0 saturated carbocycles. The number of hydrogen-bond acceptors (Lipinski definition) is 7. The van der Waals surface area contributed by atoms with Crippen molar-refractivity contribution in [2.45, 2.75) is 56.4 Å². The van der Waals surface area contributed by atoms with Gasteiger partial charge in [0.15, 0.2) is 0 Å². The molecule has 0 unspecified atom stereocenters. The zero-order chi connectivity index (χ0) is 31.5. The van der Waals surface area contributed by atoms with Crippen molar-refractivity contribution in [3.05, 3.63) is 80.8 Å². The third kappa shape index (κ3) is 5.41. The van der Waals surface area contributed by atoms with Crippen LogP contribution in [-0.4, -0.2) is 56.3 Å². The van der Waals surface area contributed by atoms with Crippen molar-refractivity contribution >= 4 is 57.3 Å². The number of carbonyl (C=O) groups excluding carboxylic acids is 1. The SMILES string of the molecule is C=CC(=O)N1[C@H](C)CN(c2nc(=O)n3c4c(c(-c5cc(Cl)cs5)c(C(F)(F)F)cc24)SC[C@H](c2ccnc(C)c2)C3)C[C@@H]1C. The number of benzene rings is 1. The van der Waals surface area contributed by atoms with Gasteiger partial charge in [0.1, 0.15) is 5.82 Å². The van der Waals surface area contributed by atoms with E-state index in [-0.39, 0.29) is 47.2 Å². The summed E-state index contributed by atoms with van der Waals surface area (Å²) in [5.41, 5.74) is 0.865. The highest BCUT2D eigenvalue weighted by Gasteiger charge is 2.40. The number of rotatable bonds is 4. The van der Waals surface area contributed by atoms with E-state index in [1.165, 1.54) is 28.5 Å². The topological polar surface area (TPSA) is 71.3 Å². The van der Waals surface area contributed by atoms with Gasteiger partial charge < -0.3 is 9.80 Å². The second-order valence-corrected chi connectivity index (χ2v) is 13.6. The first-order valence-electron chi connectivity index (χ1n) is 14.1. The van der Waals surface area contributed by atoms with E-state index < -0.39 is 17.4 Å². The minimum atomic E-state index is -4.70. The van der Waals surface area contributed by atoms with Crippen molar-refractivity contribution in [3.8, 4) is 10.4 Å². The molecule has 0 aliphatic carbocycles. The van der Waals surface area contributed by atoms with Crippen molar-refractivity contribution in [3.63, 3.8) is 0 Å². The van der Waals surface area contributed by atoms with Crippen molar-refractivity contribution < 1.29 is 18.0 Å². The van der Waals surface area contributed by atoms with Crippen LogP contribution in [0.5, 0.6) is 0 Å². The van der Waals surface area contributed by atoms with E-state index in [1.54, 1.807) is 16.5 Å². The van der Waals surface area contributed by atoms with Gasteiger partial charge in [0.2, 0.25) is 5.91 Å². The molecule has 13 heteroatoms. The van der Waals surface area contributed by atoms with Crippen molar-refractivity contribution in [1.29, 1.82) is 0 Å². The molecular weight excluding hydrogens is 631 g/mol. The fourth-order valence-corrected chi connectivity index (χ4v) is 8.96. The zero-order valence-corrected chi connectivity index (χ0v) is 26.6. The zero-order valence-electron chi connectivity index (χ0n) is 24.2. The molecule has 0 radical (unpaired) electrons. The minimum Gasteiger partial charge on any atom is -0.352 e. The summed E-state index contributed by atoms with van der Waals surface area (Å²) in [6, 6.07) is 5.92. The van der Waals surface area contributed by atoms with Crippen molar-refractivity contribution in [2.75, 3.05) is 23.7 Å². The summed E-state index contributed by atoms with van der Waals surface area (Å²) in [6.45, 7) is 10.0. The van der Waals surface area contributed by atoms with Crippen LogP contribution in [0.1, 0.15) is 36.6 Å². The normalized spacial score (nSPS) is 20.6. The fourth-order valence-electron chi connectivity index (χ4n) is 6.37. The Kier molecular flexibility index (Phi) is 8.04. The summed E-state index contributed by atoms with van der Waals surface area (Å²) in [5, 5.41) is 2.20. The first kappa shape index (κ1) is 30.7. The van der Waals surface area contributed by atoms with Gasteiger partial charge in [-0.25, -0.2) is 4.79 Å². The third-order valence-corrected chi connectivity index (χ3v) is 10.7. The number of halogens is 4. The molecule has 0 spiro atoms. The Hall–Kier alpha value is -3.35. The summed E-state index contributed by atoms with van der Waals surface area (Å²) < 4.78 is 46.4. The molecule has 4 aromatic rings. The maximum atomic E-state index is 14.9. The number of amides is 1. The number of thiophene rings is 1. The molecule has 2 aliphatic rings. The lowest BCUT2D eigenvalue weighted by Gasteiger charge is -2.44. The molecule has 230 valence electrons. The molecule has 1 aromatic carbocycles. The standard InChI is InChI=1S/C31H29ClF3N5O2S2/c1-5-25(41)40-17(3)11-38(12-18(40)4)29-22-10-23(31(33,34)35)26(24-9-21(32)15-43-24)28-27(22)39(30(42)37-29)13-20(14-44-28)19-6-7-36-16(2)8-19/h5-10,15,17-18,20H,1,11-14H2,2-4H3/t17-,18+,20-/m1/s1. The Balaban J connectivity index is 1.62. The first-order valence-corrected chi connectivity index (χ1v) is 16.3. The van der Waals surface area contributed by atoms with Gasteiger partial charge in [-0.05, 0) is 56.7 Å². The van der Waals surface area contributed by atoms with Crippen LogP contribution in [-0.2, 0) is 17.5 Å². The highest BCUT2D eigenvalue weighted by Crippen LogP contribution is 2.50. The van der Waals surface area contributed by atoms with Crippen LogP contribution in [0, 0.1) is 6.92 Å². The third-order valence-electron chi connectivity index (χ3n) is 8.19. The lowest BCUT2D eigenvalue weighted by molar-refractivity contribution is -0.137. The molecule has 7 nitrogen and oxygen atoms in total. The van der Waals surface area contributed by atoms with Gasteiger partial charge in [0.05, 0.1) is 16.1 Å². The Morgan fingerprint density at radius 3 is 2.50 bits per heavy atom. The smallest absolute Gasteiger partial charge is 0.352 e. The molecule has 1 amide bonds. The number of thioether (sulfide) groups is 1. The maximum Gasteiger partial charge on any atom is 0.417 e. The maximum absolute atomic E-state index is 14.9. The van der Waals surface area contributed by atoms with Gasteiger partial charge in [-0.2, -0.15) is 18.2 Å². The number of aromatic nitrogens is 3. The molecular formula is C31H29ClF3N5O2S2. The number of aryl methyl sites for hydroxylation is 1. The number of piperazine rings is 1. The number of hydrogen-bond donors (Lipinski definition) is 0. The van der Waals surface area contributed by atoms with Gasteiger partial charge in [0, 0.05) is 81.4 Å². The summed E-state index contributed by atoms with van der Waals surface area (Å²) >= 11 is 8.67. The molecule has 0 bridgehead atoms. The van der Waals surface area contributed by atoms with E-state index in [2.05, 4.69) is 16.5 Å². The molecule has 0 N–H and O–H groups in total. The van der Waals surface area contributed by atoms with E-state index in [0.717, 1.165) is 28.7 Å². The van der Waals surface area contributed by atoms with Gasteiger partial charge in [0.25, 0.3) is 0 Å². The number of carbonyl (C=O) groups is 1. The summed E-state index contributed by atoms with van der Waals surface area (Å²) in [5.74, 6) is 0.231. The summed E-state index contributed by atoms with van der Waals surface area (Å²) in [7, 11) is 0. The lowest BCUT2D eigenvalue weighted by Crippen LogP contribution is -2.58. The quantitative estimate of drug-likeness (QED) is 0.220. The highest BCUT2D eigenvalue weighted by molar-refractivity contribution is 7.99. The van der Waals surface area contributed by atoms with Gasteiger partial charge in [-0.3, -0.25) is 14.3 Å².